The van der Waals surface area contributed by atoms with E-state index in [1.165, 1.54) is 0 Å². The first kappa shape index (κ1) is 13.5. The van der Waals surface area contributed by atoms with Gasteiger partial charge in [-0.1, -0.05) is 0 Å². The SMILES string of the molecule is [CH3-].[K+].[O-]CCN1CC2(COC2)C1. The summed E-state index contributed by atoms with van der Waals surface area (Å²) in [5, 5.41) is 10.2. The van der Waals surface area contributed by atoms with Gasteiger partial charge in [0.2, 0.25) is 0 Å². The molecule has 12 heavy (non-hydrogen) atoms. The summed E-state index contributed by atoms with van der Waals surface area (Å²) in [6, 6.07) is 0. The zero-order chi connectivity index (χ0) is 7.03. The minimum atomic E-state index is 0. The normalized spacial score (nSPS) is 24.8. The molecule has 2 aliphatic heterocycles. The number of ether oxygens (including phenoxy) is 1. The fourth-order valence-electron chi connectivity index (χ4n) is 1.76. The second-order valence-corrected chi connectivity index (χ2v) is 3.41. The summed E-state index contributed by atoms with van der Waals surface area (Å²) < 4.78 is 5.10. The van der Waals surface area contributed by atoms with Crippen LogP contribution in [0.2, 0.25) is 0 Å². The Bertz CT molecular complexity index is 131. The van der Waals surface area contributed by atoms with Crippen LogP contribution in [0.3, 0.4) is 0 Å². The van der Waals surface area contributed by atoms with Crippen LogP contribution in [0, 0.1) is 12.8 Å². The molecule has 0 N–H and O–H groups in total. The van der Waals surface area contributed by atoms with Crippen LogP contribution >= 0.6 is 0 Å². The summed E-state index contributed by atoms with van der Waals surface area (Å²) in [7, 11) is 0. The smallest absolute Gasteiger partial charge is 0.854 e. The Kier molecular flexibility index (Phi) is 6.09. The summed E-state index contributed by atoms with van der Waals surface area (Å²) in [5.74, 6) is 0. The average molecular weight is 196 g/mol. The Morgan fingerprint density at radius 2 is 1.92 bits per heavy atom. The number of nitrogens with zero attached hydrogens (tertiary/aromatic N) is 1. The van der Waals surface area contributed by atoms with Gasteiger partial charge in [0.05, 0.1) is 13.2 Å². The zero-order valence-electron chi connectivity index (χ0n) is 8.01. The molecule has 0 atom stereocenters. The van der Waals surface area contributed by atoms with E-state index in [9.17, 15) is 5.11 Å². The molecule has 0 aliphatic carbocycles. The van der Waals surface area contributed by atoms with Crippen molar-refractivity contribution in [2.75, 3.05) is 39.5 Å². The van der Waals surface area contributed by atoms with E-state index in [2.05, 4.69) is 4.90 Å². The maximum absolute atomic E-state index is 10.2. The first-order chi connectivity index (χ1) is 4.85. The quantitative estimate of drug-likeness (QED) is 0.335. The van der Waals surface area contributed by atoms with Gasteiger partial charge in [-0.15, -0.1) is 6.61 Å². The van der Waals surface area contributed by atoms with E-state index in [1.807, 2.05) is 0 Å². The van der Waals surface area contributed by atoms with Crippen LogP contribution in [-0.4, -0.2) is 44.4 Å². The van der Waals surface area contributed by atoms with Crippen molar-refractivity contribution in [3.05, 3.63) is 7.43 Å². The molecular weight excluding hydrogens is 181 g/mol. The molecule has 0 aromatic carbocycles. The molecule has 0 amide bonds. The predicted molar refractivity (Wildman–Crippen MR) is 41.0 cm³/mol. The molecule has 0 aromatic rings. The molecule has 1 spiro atoms. The van der Waals surface area contributed by atoms with Gasteiger partial charge in [0.1, 0.15) is 0 Å². The third kappa shape index (κ3) is 2.51. The minimum Gasteiger partial charge on any atom is -0.854 e. The van der Waals surface area contributed by atoms with Crippen molar-refractivity contribution in [1.29, 1.82) is 0 Å². The molecule has 2 heterocycles. The maximum atomic E-state index is 10.2. The molecule has 0 bridgehead atoms. The Morgan fingerprint density at radius 1 is 1.33 bits per heavy atom. The van der Waals surface area contributed by atoms with Crippen molar-refractivity contribution in [2.45, 2.75) is 0 Å². The molecule has 0 unspecified atom stereocenters. The third-order valence-corrected chi connectivity index (χ3v) is 2.34. The topological polar surface area (TPSA) is 35.5 Å². The number of likely N-dealkylation sites (tertiary alicyclic amines) is 1. The van der Waals surface area contributed by atoms with Crippen molar-refractivity contribution >= 4 is 0 Å². The van der Waals surface area contributed by atoms with E-state index >= 15 is 0 Å². The summed E-state index contributed by atoms with van der Waals surface area (Å²) in [6.07, 6.45) is 0. The van der Waals surface area contributed by atoms with Gasteiger partial charge in [-0.3, -0.25) is 0 Å². The Labute approximate surface area is 117 Å². The van der Waals surface area contributed by atoms with Gasteiger partial charge in [0.15, 0.2) is 0 Å². The number of hydrogen-bond donors (Lipinski definition) is 0. The van der Waals surface area contributed by atoms with Crippen LogP contribution in [-0.2, 0) is 4.74 Å². The van der Waals surface area contributed by atoms with Crippen molar-refractivity contribution in [1.82, 2.24) is 4.90 Å². The van der Waals surface area contributed by atoms with Crippen molar-refractivity contribution < 1.29 is 61.2 Å². The summed E-state index contributed by atoms with van der Waals surface area (Å²) >= 11 is 0. The molecular formula is C8H15KNO2-. The summed E-state index contributed by atoms with van der Waals surface area (Å²) in [5.41, 5.74) is 0.481. The molecule has 2 rings (SSSR count). The van der Waals surface area contributed by atoms with E-state index in [1.54, 1.807) is 0 Å². The number of rotatable bonds is 2. The Balaban J connectivity index is 0.000000605. The van der Waals surface area contributed by atoms with E-state index in [0.29, 0.717) is 5.41 Å². The van der Waals surface area contributed by atoms with Crippen molar-refractivity contribution in [3.63, 3.8) is 0 Å². The minimum absolute atomic E-state index is 0. The molecule has 3 nitrogen and oxygen atoms in total. The molecule has 0 saturated carbocycles. The molecule has 2 aliphatic rings. The van der Waals surface area contributed by atoms with Gasteiger partial charge < -0.3 is 22.2 Å². The molecule has 0 aromatic heterocycles. The zero-order valence-corrected chi connectivity index (χ0v) is 11.1. The van der Waals surface area contributed by atoms with Crippen molar-refractivity contribution in [3.8, 4) is 0 Å². The third-order valence-electron chi connectivity index (χ3n) is 2.34. The van der Waals surface area contributed by atoms with Gasteiger partial charge in [-0.2, -0.15) is 0 Å². The second kappa shape index (κ2) is 5.41. The van der Waals surface area contributed by atoms with Gasteiger partial charge in [0, 0.05) is 18.5 Å². The van der Waals surface area contributed by atoms with Crippen molar-refractivity contribution in [2.24, 2.45) is 5.41 Å². The molecule has 2 fully saturated rings. The van der Waals surface area contributed by atoms with Crippen LogP contribution in [0.4, 0.5) is 0 Å². The maximum Gasteiger partial charge on any atom is 1.00 e. The number of hydrogen-bond acceptors (Lipinski definition) is 3. The standard InChI is InChI=1S/C7H12NO2.CH3.K/c9-2-1-8-3-7(4-8)5-10-6-7;;/h1-6H2;1H3;/q2*-1;+1. The fourth-order valence-corrected chi connectivity index (χ4v) is 1.76. The molecule has 66 valence electrons. The Morgan fingerprint density at radius 3 is 2.25 bits per heavy atom. The van der Waals surface area contributed by atoms with Gasteiger partial charge in [-0.05, 0) is 6.54 Å². The van der Waals surface area contributed by atoms with E-state index in [0.717, 1.165) is 32.8 Å². The molecule has 0 radical (unpaired) electrons. The largest absolute Gasteiger partial charge is 1.00 e. The van der Waals surface area contributed by atoms with Gasteiger partial charge in [0.25, 0.3) is 0 Å². The van der Waals surface area contributed by atoms with Gasteiger partial charge >= 0.3 is 51.4 Å². The summed E-state index contributed by atoms with van der Waals surface area (Å²) in [6.45, 7) is 4.79. The van der Waals surface area contributed by atoms with E-state index in [-0.39, 0.29) is 65.4 Å². The first-order valence-electron chi connectivity index (χ1n) is 3.73. The van der Waals surface area contributed by atoms with Crippen LogP contribution in [0.1, 0.15) is 0 Å². The second-order valence-electron chi connectivity index (χ2n) is 3.41. The molecule has 2 saturated heterocycles. The monoisotopic (exact) mass is 196 g/mol. The van der Waals surface area contributed by atoms with Crippen LogP contribution in [0.5, 0.6) is 0 Å². The van der Waals surface area contributed by atoms with Crippen LogP contribution < -0.4 is 56.5 Å². The van der Waals surface area contributed by atoms with E-state index < -0.39 is 0 Å². The van der Waals surface area contributed by atoms with Crippen LogP contribution in [0.15, 0.2) is 0 Å². The Hall–Kier alpha value is 1.52. The first-order valence-corrected chi connectivity index (χ1v) is 3.73. The average Bonchev–Trinajstić information content (AvgIpc) is 1.72. The van der Waals surface area contributed by atoms with Gasteiger partial charge in [-0.25, -0.2) is 0 Å². The summed E-state index contributed by atoms with van der Waals surface area (Å²) in [4.78, 5) is 2.20. The van der Waals surface area contributed by atoms with E-state index in [4.69, 9.17) is 4.74 Å². The van der Waals surface area contributed by atoms with Crippen LogP contribution in [0.25, 0.3) is 0 Å². The molecule has 4 heteroatoms. The fraction of sp³-hybridized carbons (Fsp3) is 0.875. The predicted octanol–water partition coefficient (Wildman–Crippen LogP) is -3.87.